The Morgan fingerprint density at radius 1 is 1.21 bits per heavy atom. The Kier molecular flexibility index (Phi) is 7.35. The van der Waals surface area contributed by atoms with Crippen molar-refractivity contribution < 1.29 is 14.3 Å². The van der Waals surface area contributed by atoms with E-state index in [1.807, 2.05) is 19.9 Å². The van der Waals surface area contributed by atoms with Gasteiger partial charge in [-0.25, -0.2) is 9.59 Å². The van der Waals surface area contributed by atoms with Crippen molar-refractivity contribution in [2.24, 2.45) is 0 Å². The molecule has 24 heavy (non-hydrogen) atoms. The van der Waals surface area contributed by atoms with E-state index in [0.717, 1.165) is 5.56 Å². The van der Waals surface area contributed by atoms with Crippen LogP contribution in [0.4, 0.5) is 9.59 Å². The number of carbonyl (C=O) groups excluding carboxylic acids is 2. The molecule has 1 aromatic rings. The molecule has 0 radical (unpaired) electrons. The Bertz CT molecular complexity index is 570. The maximum Gasteiger partial charge on any atom is 0.408 e. The highest BCUT2D eigenvalue weighted by Gasteiger charge is 2.21. The number of alkyl carbamates (subject to hydrolysis) is 1. The van der Waals surface area contributed by atoms with Crippen LogP contribution in [0.25, 0.3) is 0 Å². The Morgan fingerprint density at radius 3 is 2.42 bits per heavy atom. The summed E-state index contributed by atoms with van der Waals surface area (Å²) in [6.07, 6.45) is -0.557. The van der Waals surface area contributed by atoms with Gasteiger partial charge < -0.3 is 20.7 Å². The molecule has 0 heterocycles. The number of nitrogens with one attached hydrogen (secondary N) is 3. The lowest BCUT2D eigenvalue weighted by Gasteiger charge is -2.24. The van der Waals surface area contributed by atoms with E-state index in [1.54, 1.807) is 39.0 Å². The molecule has 0 spiro atoms. The van der Waals surface area contributed by atoms with E-state index in [9.17, 15) is 9.59 Å². The summed E-state index contributed by atoms with van der Waals surface area (Å²) in [4.78, 5) is 23.8. The van der Waals surface area contributed by atoms with E-state index in [2.05, 4.69) is 16.0 Å². The van der Waals surface area contributed by atoms with Crippen LogP contribution >= 0.6 is 11.6 Å². The van der Waals surface area contributed by atoms with E-state index < -0.39 is 17.7 Å². The van der Waals surface area contributed by atoms with Crippen LogP contribution < -0.4 is 16.0 Å². The van der Waals surface area contributed by atoms with Gasteiger partial charge >= 0.3 is 12.1 Å². The third-order valence-corrected chi connectivity index (χ3v) is 3.06. The van der Waals surface area contributed by atoms with E-state index in [0.29, 0.717) is 5.02 Å². The van der Waals surface area contributed by atoms with Crippen molar-refractivity contribution >= 4 is 23.7 Å². The second kappa shape index (κ2) is 8.78. The molecule has 7 heteroatoms. The van der Waals surface area contributed by atoms with Crippen molar-refractivity contribution in [3.63, 3.8) is 0 Å². The first kappa shape index (κ1) is 20.1. The summed E-state index contributed by atoms with van der Waals surface area (Å²) in [5.41, 5.74) is 0.170. The van der Waals surface area contributed by atoms with Crippen molar-refractivity contribution in [2.75, 3.05) is 6.54 Å². The van der Waals surface area contributed by atoms with Gasteiger partial charge in [0.2, 0.25) is 0 Å². The van der Waals surface area contributed by atoms with Crippen LogP contribution in [0.5, 0.6) is 0 Å². The van der Waals surface area contributed by atoms with Gasteiger partial charge in [-0.1, -0.05) is 23.7 Å². The minimum absolute atomic E-state index is 0.0217. The molecule has 0 aromatic heterocycles. The number of hydrogen-bond acceptors (Lipinski definition) is 3. The second-order valence-electron chi connectivity index (χ2n) is 6.76. The predicted octanol–water partition coefficient (Wildman–Crippen LogP) is 3.61. The summed E-state index contributed by atoms with van der Waals surface area (Å²) in [7, 11) is 0. The molecular formula is C17H26ClN3O3. The first-order valence-electron chi connectivity index (χ1n) is 7.86. The number of halogens is 1. The number of rotatable bonds is 5. The SMILES string of the molecule is CC(C)NC(=O)NCC(NC(=O)OC(C)(C)C)c1cccc(Cl)c1. The zero-order valence-corrected chi connectivity index (χ0v) is 15.5. The van der Waals surface area contributed by atoms with Crippen LogP contribution in [0.15, 0.2) is 24.3 Å². The molecule has 0 aliphatic carbocycles. The summed E-state index contributed by atoms with van der Waals surface area (Å²) in [6, 6.07) is 6.36. The fourth-order valence-corrected chi connectivity index (χ4v) is 2.13. The average Bonchev–Trinajstić information content (AvgIpc) is 2.40. The van der Waals surface area contributed by atoms with Crippen molar-refractivity contribution in [3.8, 4) is 0 Å². The lowest BCUT2D eigenvalue weighted by Crippen LogP contribution is -2.44. The molecule has 3 amide bonds. The number of carbonyl (C=O) groups is 2. The number of hydrogen-bond donors (Lipinski definition) is 3. The van der Waals surface area contributed by atoms with Gasteiger partial charge in [0.15, 0.2) is 0 Å². The van der Waals surface area contributed by atoms with Gasteiger partial charge in [0.1, 0.15) is 5.60 Å². The van der Waals surface area contributed by atoms with Gasteiger partial charge in [0.25, 0.3) is 0 Å². The normalized spacial score (nSPS) is 12.5. The maximum atomic E-state index is 12.1. The van der Waals surface area contributed by atoms with Crippen molar-refractivity contribution in [2.45, 2.75) is 52.3 Å². The molecule has 0 saturated carbocycles. The Hall–Kier alpha value is -1.95. The summed E-state index contributed by atoms with van der Waals surface area (Å²) in [5, 5.41) is 8.78. The largest absolute Gasteiger partial charge is 0.444 e. The predicted molar refractivity (Wildman–Crippen MR) is 95.2 cm³/mol. The van der Waals surface area contributed by atoms with E-state index in [1.165, 1.54) is 0 Å². The first-order valence-corrected chi connectivity index (χ1v) is 8.24. The first-order chi connectivity index (χ1) is 11.1. The van der Waals surface area contributed by atoms with Gasteiger partial charge in [-0.05, 0) is 52.3 Å². The van der Waals surface area contributed by atoms with Gasteiger partial charge in [-0.15, -0.1) is 0 Å². The molecule has 1 unspecified atom stereocenters. The monoisotopic (exact) mass is 355 g/mol. The molecule has 0 bridgehead atoms. The van der Waals surface area contributed by atoms with Crippen LogP contribution in [-0.2, 0) is 4.74 Å². The van der Waals surface area contributed by atoms with Crippen molar-refractivity contribution in [3.05, 3.63) is 34.9 Å². The van der Waals surface area contributed by atoms with Gasteiger partial charge in [0.05, 0.1) is 6.04 Å². The highest BCUT2D eigenvalue weighted by Crippen LogP contribution is 2.18. The summed E-state index contributed by atoms with van der Waals surface area (Å²) < 4.78 is 5.28. The third-order valence-electron chi connectivity index (χ3n) is 2.83. The Labute approximate surface area is 148 Å². The van der Waals surface area contributed by atoms with Crippen molar-refractivity contribution in [1.82, 2.24) is 16.0 Å². The minimum Gasteiger partial charge on any atom is -0.444 e. The Balaban J connectivity index is 2.80. The van der Waals surface area contributed by atoms with E-state index in [4.69, 9.17) is 16.3 Å². The Morgan fingerprint density at radius 2 is 1.88 bits per heavy atom. The van der Waals surface area contributed by atoms with Crippen LogP contribution in [0, 0.1) is 0 Å². The quantitative estimate of drug-likeness (QED) is 0.754. The summed E-state index contributed by atoms with van der Waals surface area (Å²) in [6.45, 7) is 9.30. The maximum absolute atomic E-state index is 12.1. The molecule has 1 rings (SSSR count). The summed E-state index contributed by atoms with van der Waals surface area (Å²) >= 11 is 6.02. The molecule has 134 valence electrons. The number of ether oxygens (including phenoxy) is 1. The van der Waals surface area contributed by atoms with Gasteiger partial charge in [-0.2, -0.15) is 0 Å². The molecule has 0 saturated heterocycles. The lowest BCUT2D eigenvalue weighted by atomic mass is 10.1. The van der Waals surface area contributed by atoms with Crippen LogP contribution in [0.1, 0.15) is 46.2 Å². The lowest BCUT2D eigenvalue weighted by molar-refractivity contribution is 0.0503. The highest BCUT2D eigenvalue weighted by atomic mass is 35.5. The molecule has 0 aliphatic rings. The molecule has 3 N–H and O–H groups in total. The number of amides is 3. The molecule has 1 aromatic carbocycles. The molecular weight excluding hydrogens is 330 g/mol. The number of urea groups is 1. The molecule has 6 nitrogen and oxygen atoms in total. The van der Waals surface area contributed by atoms with Crippen molar-refractivity contribution in [1.29, 1.82) is 0 Å². The van der Waals surface area contributed by atoms with Crippen LogP contribution in [0.2, 0.25) is 5.02 Å². The van der Waals surface area contributed by atoms with Gasteiger partial charge in [0, 0.05) is 17.6 Å². The zero-order valence-electron chi connectivity index (χ0n) is 14.8. The minimum atomic E-state index is -0.606. The number of benzene rings is 1. The fourth-order valence-electron chi connectivity index (χ4n) is 1.93. The third kappa shape index (κ3) is 8.06. The fraction of sp³-hybridized carbons (Fsp3) is 0.529. The topological polar surface area (TPSA) is 79.5 Å². The smallest absolute Gasteiger partial charge is 0.408 e. The van der Waals surface area contributed by atoms with Crippen LogP contribution in [0.3, 0.4) is 0 Å². The molecule has 0 aliphatic heterocycles. The second-order valence-corrected chi connectivity index (χ2v) is 7.20. The van der Waals surface area contributed by atoms with E-state index in [-0.39, 0.29) is 18.6 Å². The molecule has 1 atom stereocenters. The zero-order chi connectivity index (χ0) is 18.3. The highest BCUT2D eigenvalue weighted by molar-refractivity contribution is 6.30. The van der Waals surface area contributed by atoms with E-state index >= 15 is 0 Å². The van der Waals surface area contributed by atoms with Gasteiger partial charge in [-0.3, -0.25) is 0 Å². The molecule has 0 fully saturated rings. The van der Waals surface area contributed by atoms with Crippen LogP contribution in [-0.4, -0.2) is 30.3 Å². The summed E-state index contributed by atoms with van der Waals surface area (Å²) in [5.74, 6) is 0. The average molecular weight is 356 g/mol. The standard InChI is InChI=1S/C17H26ClN3O3/c1-11(2)20-15(22)19-10-14(12-7-6-8-13(18)9-12)21-16(23)24-17(3,4)5/h6-9,11,14H,10H2,1-5H3,(H,21,23)(H2,19,20,22).